The highest BCUT2D eigenvalue weighted by molar-refractivity contribution is 5.85. The highest BCUT2D eigenvalue weighted by Crippen LogP contribution is 2.61. The molecule has 0 radical (unpaired) electrons. The van der Waals surface area contributed by atoms with Crippen LogP contribution < -0.4 is 10.6 Å². The summed E-state index contributed by atoms with van der Waals surface area (Å²) in [6, 6.07) is 8.45. The Kier molecular flexibility index (Phi) is 4.68. The fraction of sp³-hybridized carbons (Fsp3) is 0.667. The molecule has 4 fully saturated rings. The third kappa shape index (κ3) is 3.58. The molecule has 4 nitrogen and oxygen atoms in total. The minimum atomic E-state index is -0.0689. The van der Waals surface area contributed by atoms with Gasteiger partial charge in [-0.15, -0.1) is 0 Å². The van der Waals surface area contributed by atoms with Crippen LogP contribution in [0.3, 0.4) is 0 Å². The highest BCUT2D eigenvalue weighted by Gasteiger charge is 2.51. The van der Waals surface area contributed by atoms with E-state index in [1.165, 1.54) is 49.7 Å². The lowest BCUT2D eigenvalue weighted by molar-refractivity contribution is -0.132. The van der Waals surface area contributed by atoms with Crippen LogP contribution in [-0.2, 0) is 16.0 Å². The van der Waals surface area contributed by atoms with Crippen molar-refractivity contribution in [2.75, 3.05) is 6.54 Å². The van der Waals surface area contributed by atoms with E-state index >= 15 is 0 Å². The molecule has 0 heterocycles. The number of nitrogens with one attached hydrogen (secondary N) is 2. The number of carbonyl (C=O) groups is 2. The van der Waals surface area contributed by atoms with Gasteiger partial charge in [-0.2, -0.15) is 0 Å². The zero-order chi connectivity index (χ0) is 19.1. The zero-order valence-electron chi connectivity index (χ0n) is 16.7. The van der Waals surface area contributed by atoms with Gasteiger partial charge in [0, 0.05) is 6.42 Å². The largest absolute Gasteiger partial charge is 0.348 e. The van der Waals surface area contributed by atoms with Crippen LogP contribution in [0.4, 0.5) is 0 Å². The number of carbonyl (C=O) groups excluding carboxylic acids is 2. The Balaban J connectivity index is 1.13. The molecule has 5 aliphatic carbocycles. The molecule has 0 spiro atoms. The summed E-state index contributed by atoms with van der Waals surface area (Å²) in [7, 11) is 0. The third-order valence-electron chi connectivity index (χ3n) is 7.85. The van der Waals surface area contributed by atoms with Crippen LogP contribution in [0.15, 0.2) is 24.3 Å². The van der Waals surface area contributed by atoms with E-state index in [1.807, 2.05) is 6.07 Å². The summed E-state index contributed by atoms with van der Waals surface area (Å²) in [5, 5.41) is 6.06. The second-order valence-electron chi connectivity index (χ2n) is 10.1. The minimum absolute atomic E-state index is 0.0689. The topological polar surface area (TPSA) is 58.2 Å². The molecule has 0 saturated heterocycles. The van der Waals surface area contributed by atoms with Crippen LogP contribution in [0.1, 0.15) is 75.0 Å². The van der Waals surface area contributed by atoms with E-state index in [1.54, 1.807) is 0 Å². The number of rotatable bonds is 5. The van der Waals surface area contributed by atoms with Crippen molar-refractivity contribution in [2.24, 2.45) is 23.2 Å². The second-order valence-corrected chi connectivity index (χ2v) is 10.1. The Morgan fingerprint density at radius 3 is 2.36 bits per heavy atom. The van der Waals surface area contributed by atoms with Gasteiger partial charge in [0.05, 0.1) is 12.6 Å². The van der Waals surface area contributed by atoms with Gasteiger partial charge in [-0.05, 0) is 92.1 Å². The molecular weight excluding hydrogens is 348 g/mol. The normalized spacial score (nSPS) is 35.3. The van der Waals surface area contributed by atoms with Crippen molar-refractivity contribution in [3.8, 4) is 0 Å². The predicted octanol–water partition coefficient (Wildman–Crippen LogP) is 3.90. The molecule has 1 aromatic rings. The van der Waals surface area contributed by atoms with Crippen molar-refractivity contribution in [2.45, 2.75) is 70.3 Å². The summed E-state index contributed by atoms with van der Waals surface area (Å²) in [6.45, 7) is 0.101. The lowest BCUT2D eigenvalue weighted by Gasteiger charge is -2.56. The van der Waals surface area contributed by atoms with Crippen molar-refractivity contribution < 1.29 is 9.59 Å². The van der Waals surface area contributed by atoms with E-state index in [9.17, 15) is 9.59 Å². The van der Waals surface area contributed by atoms with Crippen LogP contribution in [0.5, 0.6) is 0 Å². The first-order valence-electron chi connectivity index (χ1n) is 11.2. The van der Waals surface area contributed by atoms with Crippen molar-refractivity contribution in [3.05, 3.63) is 35.4 Å². The van der Waals surface area contributed by atoms with Gasteiger partial charge in [-0.3, -0.25) is 9.59 Å². The summed E-state index contributed by atoms with van der Waals surface area (Å²) >= 11 is 0. The number of hydrogen-bond donors (Lipinski definition) is 2. The maximum atomic E-state index is 12.6. The molecule has 2 N–H and O–H groups in total. The summed E-state index contributed by atoms with van der Waals surface area (Å²) < 4.78 is 0. The van der Waals surface area contributed by atoms with Crippen LogP contribution in [0, 0.1) is 23.2 Å². The average Bonchev–Trinajstić information content (AvgIpc) is 2.65. The molecule has 5 aliphatic rings. The summed E-state index contributed by atoms with van der Waals surface area (Å²) in [4.78, 5) is 25.1. The van der Waals surface area contributed by atoms with Gasteiger partial charge in [-0.25, -0.2) is 0 Å². The van der Waals surface area contributed by atoms with Crippen molar-refractivity contribution in [3.63, 3.8) is 0 Å². The molecule has 1 aromatic carbocycles. The van der Waals surface area contributed by atoms with E-state index in [0.717, 1.165) is 37.0 Å². The molecule has 4 heteroatoms. The Bertz CT molecular complexity index is 736. The third-order valence-corrected chi connectivity index (χ3v) is 7.85. The van der Waals surface area contributed by atoms with Crippen LogP contribution in [0.2, 0.25) is 0 Å². The maximum absolute atomic E-state index is 12.6. The smallest absolute Gasteiger partial charge is 0.239 e. The molecule has 0 unspecified atom stereocenters. The first-order chi connectivity index (χ1) is 13.6. The minimum Gasteiger partial charge on any atom is -0.348 e. The number of fused-ring (bicyclic) bond motifs is 1. The Labute approximate surface area is 167 Å². The summed E-state index contributed by atoms with van der Waals surface area (Å²) in [6.07, 6.45) is 11.7. The number of aryl methyl sites for hydroxylation is 1. The molecular formula is C24H32N2O2. The van der Waals surface area contributed by atoms with Crippen LogP contribution in [0.25, 0.3) is 0 Å². The zero-order valence-corrected chi connectivity index (χ0v) is 16.7. The monoisotopic (exact) mass is 380 g/mol. The highest BCUT2D eigenvalue weighted by atomic mass is 16.2. The molecule has 0 aliphatic heterocycles. The molecule has 4 bridgehead atoms. The lowest BCUT2D eigenvalue weighted by atomic mass is 9.49. The molecule has 4 saturated carbocycles. The fourth-order valence-electron chi connectivity index (χ4n) is 7.24. The summed E-state index contributed by atoms with van der Waals surface area (Å²) in [5.74, 6) is 2.57. The first kappa shape index (κ1) is 18.2. The quantitative estimate of drug-likeness (QED) is 0.814. The van der Waals surface area contributed by atoms with Crippen molar-refractivity contribution in [1.82, 2.24) is 10.6 Å². The number of hydrogen-bond acceptors (Lipinski definition) is 2. The summed E-state index contributed by atoms with van der Waals surface area (Å²) in [5.41, 5.74) is 2.81. The molecule has 2 amide bonds. The van der Waals surface area contributed by atoms with Gasteiger partial charge in [0.2, 0.25) is 11.8 Å². The van der Waals surface area contributed by atoms with Gasteiger partial charge >= 0.3 is 0 Å². The van der Waals surface area contributed by atoms with Crippen molar-refractivity contribution in [1.29, 1.82) is 0 Å². The van der Waals surface area contributed by atoms with Crippen LogP contribution >= 0.6 is 0 Å². The van der Waals surface area contributed by atoms with E-state index in [0.29, 0.717) is 6.42 Å². The van der Waals surface area contributed by atoms with E-state index in [4.69, 9.17) is 0 Å². The Hall–Kier alpha value is -1.84. The molecule has 28 heavy (non-hydrogen) atoms. The van der Waals surface area contributed by atoms with Gasteiger partial charge in [0.1, 0.15) is 0 Å². The first-order valence-corrected chi connectivity index (χ1v) is 11.2. The Morgan fingerprint density at radius 2 is 1.64 bits per heavy atom. The van der Waals surface area contributed by atoms with E-state index < -0.39 is 0 Å². The van der Waals surface area contributed by atoms with Gasteiger partial charge in [0.25, 0.3) is 0 Å². The molecule has 1 atom stereocenters. The predicted molar refractivity (Wildman–Crippen MR) is 108 cm³/mol. The maximum Gasteiger partial charge on any atom is 0.239 e. The molecule has 6 rings (SSSR count). The van der Waals surface area contributed by atoms with E-state index in [2.05, 4.69) is 28.8 Å². The standard InChI is InChI=1S/C24H32N2O2/c27-22(14-24-11-16-8-17(12-24)10-18(9-16)13-24)25-15-23(28)26-21-7-3-5-19-4-1-2-6-20(19)21/h1-2,4,6,16-18,21H,3,5,7-15H2,(H,25,27)(H,26,28)/t16?,17?,18?,21-,24?/m1/s1. The SMILES string of the molecule is O=C(CC12CC3CC(CC(C3)C1)C2)NCC(=O)N[C@@H]1CCCc2ccccc21. The second kappa shape index (κ2) is 7.20. The van der Waals surface area contributed by atoms with Gasteiger partial charge in [-0.1, -0.05) is 24.3 Å². The lowest BCUT2D eigenvalue weighted by Crippen LogP contribution is -2.48. The van der Waals surface area contributed by atoms with Crippen LogP contribution in [-0.4, -0.2) is 18.4 Å². The van der Waals surface area contributed by atoms with Gasteiger partial charge < -0.3 is 10.6 Å². The average molecular weight is 381 g/mol. The Morgan fingerprint density at radius 1 is 0.964 bits per heavy atom. The van der Waals surface area contributed by atoms with Crippen molar-refractivity contribution >= 4 is 11.8 Å². The molecule has 150 valence electrons. The van der Waals surface area contributed by atoms with E-state index in [-0.39, 0.29) is 29.8 Å². The van der Waals surface area contributed by atoms with Gasteiger partial charge in [0.15, 0.2) is 0 Å². The fourth-order valence-corrected chi connectivity index (χ4v) is 7.24. The molecule has 0 aromatic heterocycles. The number of amides is 2. The number of benzene rings is 1.